The molecule has 2 aromatic rings. The van der Waals surface area contributed by atoms with Gasteiger partial charge in [-0.05, 0) is 29.7 Å². The highest BCUT2D eigenvalue weighted by Crippen LogP contribution is 2.36. The van der Waals surface area contributed by atoms with Crippen LogP contribution in [-0.4, -0.2) is 11.8 Å². The fourth-order valence-corrected chi connectivity index (χ4v) is 2.41. The summed E-state index contributed by atoms with van der Waals surface area (Å²) in [5, 5.41) is 4.09. The third kappa shape index (κ3) is 1.65. The summed E-state index contributed by atoms with van der Waals surface area (Å²) >= 11 is 0. The lowest BCUT2D eigenvalue weighted by Crippen LogP contribution is -1.94. The van der Waals surface area contributed by atoms with Gasteiger partial charge in [-0.1, -0.05) is 19.0 Å². The first kappa shape index (κ1) is 11.1. The van der Waals surface area contributed by atoms with Crippen molar-refractivity contribution in [3.63, 3.8) is 0 Å². The summed E-state index contributed by atoms with van der Waals surface area (Å²) in [5.74, 6) is 1.67. The predicted octanol–water partition coefficient (Wildman–Crippen LogP) is 2.98. The minimum Gasteiger partial charge on any atom is -0.493 e. The van der Waals surface area contributed by atoms with Crippen LogP contribution in [0.5, 0.6) is 5.75 Å². The van der Waals surface area contributed by atoms with E-state index in [0.29, 0.717) is 5.88 Å². The second kappa shape index (κ2) is 4.05. The van der Waals surface area contributed by atoms with Gasteiger partial charge in [0.1, 0.15) is 11.4 Å². The molecule has 0 radical (unpaired) electrons. The lowest BCUT2D eigenvalue weighted by atomic mass is 9.97. The summed E-state index contributed by atoms with van der Waals surface area (Å²) in [6.45, 7) is 4.93. The second-order valence-electron chi connectivity index (χ2n) is 4.88. The molecule has 0 saturated carbocycles. The van der Waals surface area contributed by atoms with Gasteiger partial charge in [0.25, 0.3) is 0 Å². The molecule has 0 bridgehead atoms. The predicted molar refractivity (Wildman–Crippen MR) is 69.6 cm³/mol. The van der Waals surface area contributed by atoms with Crippen LogP contribution in [-0.2, 0) is 6.42 Å². The molecule has 2 N–H and O–H groups in total. The van der Waals surface area contributed by atoms with Crippen LogP contribution in [0.3, 0.4) is 0 Å². The van der Waals surface area contributed by atoms with Crippen LogP contribution in [0.1, 0.15) is 30.9 Å². The van der Waals surface area contributed by atoms with Gasteiger partial charge in [-0.15, -0.1) is 0 Å². The first-order valence-corrected chi connectivity index (χ1v) is 6.18. The van der Waals surface area contributed by atoms with Gasteiger partial charge in [-0.3, -0.25) is 0 Å². The average Bonchev–Trinajstić information content (AvgIpc) is 2.93. The van der Waals surface area contributed by atoms with Gasteiger partial charge in [-0.2, -0.15) is 0 Å². The smallest absolute Gasteiger partial charge is 0.226 e. The van der Waals surface area contributed by atoms with Crippen molar-refractivity contribution < 1.29 is 9.26 Å². The number of hydrogen-bond donors (Lipinski definition) is 1. The summed E-state index contributed by atoms with van der Waals surface area (Å²) in [6.07, 6.45) is 0.952. The minimum atomic E-state index is 0.288. The Morgan fingerprint density at radius 1 is 1.33 bits per heavy atom. The van der Waals surface area contributed by atoms with Crippen LogP contribution in [0.4, 0.5) is 5.88 Å². The summed E-state index contributed by atoms with van der Waals surface area (Å²) < 4.78 is 10.6. The van der Waals surface area contributed by atoms with Crippen molar-refractivity contribution >= 4 is 5.88 Å². The molecule has 4 nitrogen and oxygen atoms in total. The van der Waals surface area contributed by atoms with E-state index in [-0.39, 0.29) is 5.92 Å². The molecule has 0 aliphatic carbocycles. The Kier molecular flexibility index (Phi) is 2.51. The molecule has 0 spiro atoms. The van der Waals surface area contributed by atoms with Crippen molar-refractivity contribution in [3.05, 3.63) is 29.3 Å². The fourth-order valence-electron chi connectivity index (χ4n) is 2.41. The molecule has 18 heavy (non-hydrogen) atoms. The maximum Gasteiger partial charge on any atom is 0.226 e. The molecule has 0 atom stereocenters. The summed E-state index contributed by atoms with van der Waals surface area (Å²) in [6, 6.07) is 6.12. The Morgan fingerprint density at radius 2 is 2.17 bits per heavy atom. The van der Waals surface area contributed by atoms with Crippen LogP contribution < -0.4 is 10.5 Å². The van der Waals surface area contributed by atoms with Crippen LogP contribution in [0.15, 0.2) is 22.7 Å². The number of nitrogen functional groups attached to an aromatic ring is 1. The van der Waals surface area contributed by atoms with Crippen molar-refractivity contribution in [2.75, 3.05) is 12.3 Å². The maximum atomic E-state index is 5.84. The zero-order valence-electron chi connectivity index (χ0n) is 10.6. The summed E-state index contributed by atoms with van der Waals surface area (Å²) in [7, 11) is 0. The van der Waals surface area contributed by atoms with Crippen molar-refractivity contribution in [2.24, 2.45) is 0 Å². The van der Waals surface area contributed by atoms with E-state index in [0.717, 1.165) is 35.6 Å². The number of hydrogen-bond acceptors (Lipinski definition) is 4. The maximum absolute atomic E-state index is 5.84. The van der Waals surface area contributed by atoms with Crippen LogP contribution >= 0.6 is 0 Å². The molecule has 2 heterocycles. The molecule has 0 saturated heterocycles. The molecule has 1 aromatic heterocycles. The monoisotopic (exact) mass is 244 g/mol. The fraction of sp³-hybridized carbons (Fsp3) is 0.357. The number of nitrogens with zero attached hydrogens (tertiary/aromatic N) is 1. The lowest BCUT2D eigenvalue weighted by molar-refractivity contribution is 0.357. The number of nitrogens with two attached hydrogens (primary N) is 1. The first-order valence-electron chi connectivity index (χ1n) is 6.18. The van der Waals surface area contributed by atoms with E-state index in [4.69, 9.17) is 15.0 Å². The van der Waals surface area contributed by atoms with Crippen LogP contribution in [0.2, 0.25) is 0 Å². The van der Waals surface area contributed by atoms with Gasteiger partial charge >= 0.3 is 0 Å². The zero-order chi connectivity index (χ0) is 12.7. The highest BCUT2D eigenvalue weighted by molar-refractivity contribution is 5.69. The van der Waals surface area contributed by atoms with Gasteiger partial charge in [0.05, 0.1) is 6.61 Å². The topological polar surface area (TPSA) is 61.3 Å². The zero-order valence-corrected chi connectivity index (χ0v) is 10.6. The molecular formula is C14H16N2O2. The number of rotatable bonds is 2. The summed E-state index contributed by atoms with van der Waals surface area (Å²) in [5.41, 5.74) is 9.93. The number of aromatic nitrogens is 1. The number of ether oxygens (including phenoxy) is 1. The Bertz CT molecular complexity index is 587. The first-order chi connectivity index (χ1) is 8.66. The SMILES string of the molecule is CC(C)c1c(-c2ccc3c(c2)CCO3)noc1N. The largest absolute Gasteiger partial charge is 0.493 e. The summed E-state index contributed by atoms with van der Waals surface area (Å²) in [4.78, 5) is 0. The molecule has 0 fully saturated rings. The van der Waals surface area contributed by atoms with Gasteiger partial charge in [0.2, 0.25) is 5.88 Å². The van der Waals surface area contributed by atoms with Crippen molar-refractivity contribution in [1.82, 2.24) is 5.16 Å². The molecule has 0 unspecified atom stereocenters. The molecule has 1 aromatic carbocycles. The van der Waals surface area contributed by atoms with E-state index in [1.807, 2.05) is 12.1 Å². The average molecular weight is 244 g/mol. The van der Waals surface area contributed by atoms with E-state index < -0.39 is 0 Å². The Hall–Kier alpha value is -1.97. The standard InChI is InChI=1S/C14H16N2O2/c1-8(2)12-13(16-18-14(12)15)10-3-4-11-9(7-10)5-6-17-11/h3-4,7-8H,5-6,15H2,1-2H3. The second-order valence-corrected chi connectivity index (χ2v) is 4.88. The van der Waals surface area contributed by atoms with Crippen molar-refractivity contribution in [1.29, 1.82) is 0 Å². The van der Waals surface area contributed by atoms with Crippen molar-refractivity contribution in [2.45, 2.75) is 26.2 Å². The lowest BCUT2D eigenvalue weighted by Gasteiger charge is -2.06. The Labute approximate surface area is 106 Å². The van der Waals surface area contributed by atoms with E-state index >= 15 is 0 Å². The van der Waals surface area contributed by atoms with E-state index in [2.05, 4.69) is 25.1 Å². The quantitative estimate of drug-likeness (QED) is 0.882. The van der Waals surface area contributed by atoms with Crippen molar-refractivity contribution in [3.8, 4) is 17.0 Å². The van der Waals surface area contributed by atoms with Crippen LogP contribution in [0, 0.1) is 0 Å². The van der Waals surface area contributed by atoms with Gasteiger partial charge in [0.15, 0.2) is 0 Å². The molecule has 1 aliphatic heterocycles. The van der Waals surface area contributed by atoms with E-state index in [1.54, 1.807) is 0 Å². The Balaban J connectivity index is 2.10. The molecule has 0 amide bonds. The van der Waals surface area contributed by atoms with E-state index in [9.17, 15) is 0 Å². The highest BCUT2D eigenvalue weighted by atomic mass is 16.5. The third-order valence-electron chi connectivity index (χ3n) is 3.30. The van der Waals surface area contributed by atoms with E-state index in [1.165, 1.54) is 5.56 Å². The van der Waals surface area contributed by atoms with Gasteiger partial charge in [0, 0.05) is 17.5 Å². The molecule has 94 valence electrons. The molecule has 4 heteroatoms. The molecule has 3 rings (SSSR count). The van der Waals surface area contributed by atoms with Gasteiger partial charge < -0.3 is 15.0 Å². The minimum absolute atomic E-state index is 0.288. The normalized spacial score (nSPS) is 13.7. The molecule has 1 aliphatic rings. The number of anilines is 1. The van der Waals surface area contributed by atoms with Crippen LogP contribution in [0.25, 0.3) is 11.3 Å². The Morgan fingerprint density at radius 3 is 2.94 bits per heavy atom. The number of benzene rings is 1. The highest BCUT2D eigenvalue weighted by Gasteiger charge is 2.20. The van der Waals surface area contributed by atoms with Gasteiger partial charge in [-0.25, -0.2) is 0 Å². The third-order valence-corrected chi connectivity index (χ3v) is 3.30. The number of fused-ring (bicyclic) bond motifs is 1. The molecular weight excluding hydrogens is 228 g/mol.